The summed E-state index contributed by atoms with van der Waals surface area (Å²) in [5, 5.41) is 0. The summed E-state index contributed by atoms with van der Waals surface area (Å²) in [5.74, 6) is -1.09. The molecular weight excluding hydrogens is 494 g/mol. The summed E-state index contributed by atoms with van der Waals surface area (Å²) < 4.78 is 34.4. The first-order valence-corrected chi connectivity index (χ1v) is 11.5. The van der Waals surface area contributed by atoms with Gasteiger partial charge in [-0.2, -0.15) is 0 Å². The highest BCUT2D eigenvalue weighted by atomic mass is 79.9. The number of likely N-dealkylation sites (tertiary alicyclic amines) is 1. The van der Waals surface area contributed by atoms with Crippen molar-refractivity contribution in [3.63, 3.8) is 0 Å². The highest BCUT2D eigenvalue weighted by Crippen LogP contribution is 2.25. The number of halogens is 3. The summed E-state index contributed by atoms with van der Waals surface area (Å²) in [6.07, 6.45) is 2.05. The third-order valence-corrected chi connectivity index (χ3v) is 6.45. The quantitative estimate of drug-likeness (QED) is 0.460. The molecule has 0 unspecified atom stereocenters. The molecule has 0 N–H and O–H groups in total. The van der Waals surface area contributed by atoms with Gasteiger partial charge in [0.15, 0.2) is 0 Å². The van der Waals surface area contributed by atoms with E-state index < -0.39 is 11.6 Å². The summed E-state index contributed by atoms with van der Waals surface area (Å²) in [6.45, 7) is 3.47. The number of aryl methyl sites for hydroxylation is 1. The van der Waals surface area contributed by atoms with Crippen LogP contribution in [0.4, 0.5) is 8.78 Å². The summed E-state index contributed by atoms with van der Waals surface area (Å²) in [6, 6.07) is 12.3. The molecule has 1 aliphatic rings. The Morgan fingerprint density at radius 3 is 2.58 bits per heavy atom. The molecule has 2 aromatic carbocycles. The van der Waals surface area contributed by atoms with Gasteiger partial charge < -0.3 is 14.2 Å². The van der Waals surface area contributed by atoms with E-state index in [1.165, 1.54) is 6.07 Å². The number of amides is 1. The van der Waals surface area contributed by atoms with Gasteiger partial charge in [-0.05, 0) is 65.5 Å². The third-order valence-electron chi connectivity index (χ3n) is 5.72. The zero-order valence-corrected chi connectivity index (χ0v) is 19.7. The second-order valence-electron chi connectivity index (χ2n) is 8.08. The van der Waals surface area contributed by atoms with Crippen LogP contribution in [-0.4, -0.2) is 28.5 Å². The van der Waals surface area contributed by atoms with Gasteiger partial charge in [0.2, 0.25) is 0 Å². The van der Waals surface area contributed by atoms with Crippen LogP contribution in [0.3, 0.4) is 0 Å². The second-order valence-corrected chi connectivity index (χ2v) is 8.87. The molecule has 0 radical (unpaired) electrons. The molecular formula is C25H23BrF2N2O3. The van der Waals surface area contributed by atoms with Gasteiger partial charge in [-0.25, -0.2) is 8.78 Å². The minimum atomic E-state index is -0.709. The van der Waals surface area contributed by atoms with Crippen LogP contribution in [0.5, 0.6) is 5.75 Å². The summed E-state index contributed by atoms with van der Waals surface area (Å²) in [7, 11) is 0. The number of hydrogen-bond acceptors (Lipinski definition) is 3. The smallest absolute Gasteiger partial charge is 0.269 e. The normalized spacial score (nSPS) is 13.4. The molecule has 5 nitrogen and oxygen atoms in total. The molecule has 1 aliphatic heterocycles. The maximum absolute atomic E-state index is 13.9. The fourth-order valence-electron chi connectivity index (χ4n) is 3.90. The molecule has 4 rings (SSSR count). The number of rotatable bonds is 6. The Kier molecular flexibility index (Phi) is 6.93. The Morgan fingerprint density at radius 2 is 1.85 bits per heavy atom. The largest absolute Gasteiger partial charge is 0.487 e. The molecule has 33 heavy (non-hydrogen) atoms. The number of ether oxygens (including phenoxy) is 1. The summed E-state index contributed by atoms with van der Waals surface area (Å²) in [4.78, 5) is 27.6. The minimum absolute atomic E-state index is 0.0105. The van der Waals surface area contributed by atoms with Crippen molar-refractivity contribution >= 4 is 21.8 Å². The van der Waals surface area contributed by atoms with E-state index in [4.69, 9.17) is 4.74 Å². The number of carbonyl (C=O) groups is 1. The first-order valence-electron chi connectivity index (χ1n) is 10.7. The number of benzene rings is 2. The molecule has 1 saturated heterocycles. The fraction of sp³-hybridized carbons (Fsp3) is 0.280. The van der Waals surface area contributed by atoms with Crippen LogP contribution < -0.4 is 10.3 Å². The van der Waals surface area contributed by atoms with E-state index in [0.29, 0.717) is 11.3 Å². The first kappa shape index (κ1) is 23.2. The van der Waals surface area contributed by atoms with Crippen LogP contribution in [-0.2, 0) is 13.2 Å². The number of pyridine rings is 1. The Balaban J connectivity index is 1.53. The van der Waals surface area contributed by atoms with E-state index in [9.17, 15) is 18.4 Å². The van der Waals surface area contributed by atoms with Crippen LogP contribution in [0.1, 0.15) is 40.0 Å². The van der Waals surface area contributed by atoms with Crippen LogP contribution in [0.2, 0.25) is 0 Å². The molecule has 0 saturated carbocycles. The van der Waals surface area contributed by atoms with E-state index in [-0.39, 0.29) is 40.4 Å². The maximum Gasteiger partial charge on any atom is 0.269 e. The molecule has 2 heterocycles. The molecule has 1 fully saturated rings. The van der Waals surface area contributed by atoms with Gasteiger partial charge in [0.25, 0.3) is 11.5 Å². The van der Waals surface area contributed by atoms with Crippen molar-refractivity contribution in [1.82, 2.24) is 9.47 Å². The Labute approximate surface area is 198 Å². The molecule has 8 heteroatoms. The summed E-state index contributed by atoms with van der Waals surface area (Å²) in [5.41, 5.74) is 1.97. The molecule has 0 spiro atoms. The fourth-order valence-corrected chi connectivity index (χ4v) is 4.34. The molecule has 0 aliphatic carbocycles. The van der Waals surface area contributed by atoms with Gasteiger partial charge in [-0.1, -0.05) is 12.1 Å². The predicted molar refractivity (Wildman–Crippen MR) is 125 cm³/mol. The second kappa shape index (κ2) is 9.87. The first-order chi connectivity index (χ1) is 15.8. The van der Waals surface area contributed by atoms with E-state index in [2.05, 4.69) is 15.9 Å². The number of aromatic nitrogens is 1. The van der Waals surface area contributed by atoms with Crippen molar-refractivity contribution < 1.29 is 18.3 Å². The Hall–Kier alpha value is -3.00. The van der Waals surface area contributed by atoms with Crippen molar-refractivity contribution in [2.45, 2.75) is 32.9 Å². The van der Waals surface area contributed by atoms with Gasteiger partial charge in [0, 0.05) is 42.0 Å². The lowest BCUT2D eigenvalue weighted by atomic mass is 10.1. The van der Waals surface area contributed by atoms with Crippen LogP contribution in [0.25, 0.3) is 0 Å². The average Bonchev–Trinajstić information content (AvgIpc) is 3.34. The highest BCUT2D eigenvalue weighted by Gasteiger charge is 2.20. The number of nitrogens with zero attached hydrogens (tertiary/aromatic N) is 2. The SMILES string of the molecule is Cc1cc(OCc2ccc(F)cc2F)c(Br)c(=O)n1Cc1cccc(C(=O)N2CCCC2)c1. The van der Waals surface area contributed by atoms with E-state index in [1.54, 1.807) is 23.6 Å². The van der Waals surface area contributed by atoms with Crippen LogP contribution in [0.15, 0.2) is 57.8 Å². The maximum atomic E-state index is 13.9. The van der Waals surface area contributed by atoms with E-state index >= 15 is 0 Å². The standard InChI is InChI=1S/C25H23BrF2N2O3/c1-16-11-22(33-15-19-7-8-20(27)13-21(19)28)23(26)25(32)30(16)14-17-5-4-6-18(12-17)24(31)29-9-2-3-10-29/h4-8,11-13H,2-3,9-10,14-15H2,1H3. The van der Waals surface area contributed by atoms with Crippen LogP contribution in [0, 0.1) is 18.6 Å². The van der Waals surface area contributed by atoms with Crippen molar-refractivity contribution in [2.75, 3.05) is 13.1 Å². The molecule has 3 aromatic rings. The molecule has 1 aromatic heterocycles. The van der Waals surface area contributed by atoms with E-state index in [1.807, 2.05) is 23.1 Å². The van der Waals surface area contributed by atoms with Crippen molar-refractivity contribution in [3.05, 3.63) is 97.4 Å². The van der Waals surface area contributed by atoms with Gasteiger partial charge in [-0.3, -0.25) is 9.59 Å². The zero-order chi connectivity index (χ0) is 23.5. The monoisotopic (exact) mass is 516 g/mol. The number of carbonyl (C=O) groups excluding carboxylic acids is 1. The third kappa shape index (κ3) is 5.16. The van der Waals surface area contributed by atoms with Crippen LogP contribution >= 0.6 is 15.9 Å². The highest BCUT2D eigenvalue weighted by molar-refractivity contribution is 9.10. The molecule has 1 amide bonds. The van der Waals surface area contributed by atoms with Gasteiger partial charge in [0.1, 0.15) is 28.5 Å². The topological polar surface area (TPSA) is 51.5 Å². The van der Waals surface area contributed by atoms with Gasteiger partial charge in [-0.15, -0.1) is 0 Å². The lowest BCUT2D eigenvalue weighted by Crippen LogP contribution is -2.28. The summed E-state index contributed by atoms with van der Waals surface area (Å²) >= 11 is 3.29. The molecule has 0 bridgehead atoms. The lowest BCUT2D eigenvalue weighted by molar-refractivity contribution is 0.0792. The van der Waals surface area contributed by atoms with Crippen molar-refractivity contribution in [1.29, 1.82) is 0 Å². The zero-order valence-electron chi connectivity index (χ0n) is 18.1. The Morgan fingerprint density at radius 1 is 1.09 bits per heavy atom. The predicted octanol–water partition coefficient (Wildman–Crippen LogP) is 5.06. The van der Waals surface area contributed by atoms with Crippen molar-refractivity contribution in [2.24, 2.45) is 0 Å². The Bertz CT molecular complexity index is 1250. The van der Waals surface area contributed by atoms with Gasteiger partial charge in [0.05, 0.1) is 6.54 Å². The molecule has 0 atom stereocenters. The van der Waals surface area contributed by atoms with E-state index in [0.717, 1.165) is 43.6 Å². The average molecular weight is 517 g/mol. The minimum Gasteiger partial charge on any atom is -0.487 e. The van der Waals surface area contributed by atoms with Crippen molar-refractivity contribution in [3.8, 4) is 5.75 Å². The lowest BCUT2D eigenvalue weighted by Gasteiger charge is -2.17. The number of hydrogen-bond donors (Lipinski definition) is 0. The molecule has 172 valence electrons. The van der Waals surface area contributed by atoms with Gasteiger partial charge >= 0.3 is 0 Å².